The molecular formula is C13H20N4O3S. The molecule has 0 aliphatic carbocycles. The van der Waals surface area contributed by atoms with Crippen LogP contribution < -0.4 is 5.32 Å². The van der Waals surface area contributed by atoms with Crippen molar-refractivity contribution in [1.82, 2.24) is 20.4 Å². The molecule has 0 spiro atoms. The highest BCUT2D eigenvalue weighted by molar-refractivity contribution is 7.11. The Hall–Kier alpha value is -1.70. The van der Waals surface area contributed by atoms with Crippen LogP contribution >= 0.6 is 11.3 Å². The number of carboxylic acid groups (broad SMARTS) is 1. The van der Waals surface area contributed by atoms with Gasteiger partial charge in [0.05, 0.1) is 12.5 Å². The average molecular weight is 312 g/mol. The van der Waals surface area contributed by atoms with Gasteiger partial charge in [0.15, 0.2) is 0 Å². The van der Waals surface area contributed by atoms with Crippen LogP contribution in [0.15, 0.2) is 0 Å². The van der Waals surface area contributed by atoms with Crippen LogP contribution in [0.4, 0.5) is 4.79 Å². The van der Waals surface area contributed by atoms with E-state index in [9.17, 15) is 9.59 Å². The quantitative estimate of drug-likeness (QED) is 0.875. The Morgan fingerprint density at radius 1 is 1.38 bits per heavy atom. The number of carbonyl (C=O) groups is 2. The standard InChI is InChI=1S/C13H20N4O3S/c1-3-10-15-16-11(21-10)5-14-13(20)17-6-8(2)4-9(7-17)12(18)19/h8-9H,3-7H2,1-2H3,(H,14,20)(H,18,19). The van der Waals surface area contributed by atoms with Gasteiger partial charge < -0.3 is 15.3 Å². The van der Waals surface area contributed by atoms with Crippen LogP contribution in [0.1, 0.15) is 30.3 Å². The smallest absolute Gasteiger partial charge is 0.317 e. The first-order chi connectivity index (χ1) is 9.99. The van der Waals surface area contributed by atoms with Gasteiger partial charge in [0.1, 0.15) is 10.0 Å². The van der Waals surface area contributed by atoms with Crippen molar-refractivity contribution in [3.05, 3.63) is 10.0 Å². The van der Waals surface area contributed by atoms with E-state index in [1.54, 1.807) is 4.90 Å². The Kier molecular flexibility index (Phi) is 5.11. The summed E-state index contributed by atoms with van der Waals surface area (Å²) >= 11 is 1.48. The molecule has 0 bridgehead atoms. The van der Waals surface area contributed by atoms with Crippen LogP contribution in [-0.2, 0) is 17.8 Å². The maximum Gasteiger partial charge on any atom is 0.317 e. The Labute approximate surface area is 127 Å². The van der Waals surface area contributed by atoms with E-state index in [2.05, 4.69) is 15.5 Å². The van der Waals surface area contributed by atoms with Crippen LogP contribution in [0, 0.1) is 11.8 Å². The number of amides is 2. The van der Waals surface area contributed by atoms with Gasteiger partial charge >= 0.3 is 12.0 Å². The summed E-state index contributed by atoms with van der Waals surface area (Å²) in [6.45, 7) is 5.16. The van der Waals surface area contributed by atoms with Crippen molar-refractivity contribution in [2.45, 2.75) is 33.2 Å². The highest BCUT2D eigenvalue weighted by atomic mass is 32.1. The molecule has 116 valence electrons. The molecule has 0 saturated carbocycles. The minimum Gasteiger partial charge on any atom is -0.481 e. The number of likely N-dealkylation sites (tertiary alicyclic amines) is 1. The topological polar surface area (TPSA) is 95.4 Å². The number of carbonyl (C=O) groups excluding carboxylic acids is 1. The minimum atomic E-state index is -0.837. The predicted molar refractivity (Wildman–Crippen MR) is 78.0 cm³/mol. The Bertz CT molecular complexity index is 519. The van der Waals surface area contributed by atoms with E-state index in [0.717, 1.165) is 16.4 Å². The lowest BCUT2D eigenvalue weighted by Gasteiger charge is -2.34. The van der Waals surface area contributed by atoms with E-state index in [1.165, 1.54) is 11.3 Å². The van der Waals surface area contributed by atoms with Gasteiger partial charge in [0, 0.05) is 13.1 Å². The fraction of sp³-hybridized carbons (Fsp3) is 0.692. The van der Waals surface area contributed by atoms with Crippen LogP contribution in [0.5, 0.6) is 0 Å². The fourth-order valence-corrected chi connectivity index (χ4v) is 3.19. The first-order valence-corrected chi connectivity index (χ1v) is 7.88. The summed E-state index contributed by atoms with van der Waals surface area (Å²) in [4.78, 5) is 24.8. The van der Waals surface area contributed by atoms with Gasteiger partial charge in [-0.3, -0.25) is 4.79 Å². The molecule has 1 saturated heterocycles. The predicted octanol–water partition coefficient (Wildman–Crippen LogP) is 1.35. The number of rotatable bonds is 4. The van der Waals surface area contributed by atoms with Crippen LogP contribution in [-0.4, -0.2) is 45.3 Å². The van der Waals surface area contributed by atoms with E-state index in [-0.39, 0.29) is 18.5 Å². The van der Waals surface area contributed by atoms with Gasteiger partial charge in [-0.1, -0.05) is 25.2 Å². The van der Waals surface area contributed by atoms with E-state index < -0.39 is 11.9 Å². The lowest BCUT2D eigenvalue weighted by Crippen LogP contribution is -2.49. The van der Waals surface area contributed by atoms with Gasteiger partial charge in [-0.2, -0.15) is 0 Å². The van der Waals surface area contributed by atoms with Gasteiger partial charge in [-0.05, 0) is 18.8 Å². The highest BCUT2D eigenvalue weighted by Gasteiger charge is 2.31. The number of aryl methyl sites for hydroxylation is 1. The summed E-state index contributed by atoms with van der Waals surface area (Å²) < 4.78 is 0. The van der Waals surface area contributed by atoms with Gasteiger partial charge in [-0.25, -0.2) is 4.79 Å². The van der Waals surface area contributed by atoms with Crippen molar-refractivity contribution in [1.29, 1.82) is 0 Å². The second kappa shape index (κ2) is 6.84. The number of nitrogens with zero attached hydrogens (tertiary/aromatic N) is 3. The molecule has 2 atom stereocenters. The number of hydrogen-bond acceptors (Lipinski definition) is 5. The SMILES string of the molecule is CCc1nnc(CNC(=O)N2CC(C)CC(C(=O)O)C2)s1. The van der Waals surface area contributed by atoms with E-state index in [0.29, 0.717) is 19.5 Å². The Morgan fingerprint density at radius 2 is 2.10 bits per heavy atom. The monoisotopic (exact) mass is 312 g/mol. The zero-order valence-corrected chi connectivity index (χ0v) is 13.0. The van der Waals surface area contributed by atoms with Crippen molar-refractivity contribution >= 4 is 23.3 Å². The van der Waals surface area contributed by atoms with Crippen molar-refractivity contribution in [2.24, 2.45) is 11.8 Å². The number of nitrogens with one attached hydrogen (secondary N) is 1. The van der Waals surface area contributed by atoms with E-state index in [1.807, 2.05) is 13.8 Å². The Balaban J connectivity index is 1.88. The number of aliphatic carboxylic acids is 1. The van der Waals surface area contributed by atoms with E-state index >= 15 is 0 Å². The molecule has 2 heterocycles. The van der Waals surface area contributed by atoms with Crippen molar-refractivity contribution in [3.63, 3.8) is 0 Å². The largest absolute Gasteiger partial charge is 0.481 e. The van der Waals surface area contributed by atoms with Crippen molar-refractivity contribution in [3.8, 4) is 0 Å². The summed E-state index contributed by atoms with van der Waals surface area (Å²) in [5.41, 5.74) is 0. The zero-order chi connectivity index (χ0) is 15.4. The maximum atomic E-state index is 12.1. The number of hydrogen-bond donors (Lipinski definition) is 2. The van der Waals surface area contributed by atoms with E-state index in [4.69, 9.17) is 5.11 Å². The van der Waals surface area contributed by atoms with Crippen molar-refractivity contribution in [2.75, 3.05) is 13.1 Å². The normalized spacial score (nSPS) is 22.1. The highest BCUT2D eigenvalue weighted by Crippen LogP contribution is 2.21. The fourth-order valence-electron chi connectivity index (χ4n) is 2.46. The molecule has 1 aromatic rings. The third kappa shape index (κ3) is 4.13. The number of carboxylic acids is 1. The summed E-state index contributed by atoms with van der Waals surface area (Å²) in [6, 6.07) is -0.235. The lowest BCUT2D eigenvalue weighted by atomic mass is 9.91. The molecule has 1 aliphatic heterocycles. The molecule has 2 amide bonds. The van der Waals surface area contributed by atoms with Gasteiger partial charge in [0.2, 0.25) is 0 Å². The molecule has 0 aromatic carbocycles. The van der Waals surface area contributed by atoms with Gasteiger partial charge in [0.25, 0.3) is 0 Å². The second-order valence-electron chi connectivity index (χ2n) is 5.38. The molecule has 2 rings (SSSR count). The minimum absolute atomic E-state index is 0.193. The first kappa shape index (κ1) is 15.7. The molecule has 0 radical (unpaired) electrons. The maximum absolute atomic E-state index is 12.1. The molecule has 1 fully saturated rings. The summed E-state index contributed by atoms with van der Waals surface area (Å²) in [7, 11) is 0. The average Bonchev–Trinajstić information content (AvgIpc) is 2.92. The molecular weight excluding hydrogens is 292 g/mol. The molecule has 1 aromatic heterocycles. The summed E-state index contributed by atoms with van der Waals surface area (Å²) in [5.74, 6) is -1.12. The summed E-state index contributed by atoms with van der Waals surface area (Å²) in [5, 5.41) is 21.6. The molecule has 2 N–H and O–H groups in total. The van der Waals surface area contributed by atoms with Gasteiger partial charge in [-0.15, -0.1) is 10.2 Å². The van der Waals surface area contributed by atoms with Crippen LogP contribution in [0.3, 0.4) is 0 Å². The number of piperidine rings is 1. The number of urea groups is 1. The Morgan fingerprint density at radius 3 is 2.71 bits per heavy atom. The van der Waals surface area contributed by atoms with Crippen molar-refractivity contribution < 1.29 is 14.7 Å². The third-order valence-electron chi connectivity index (χ3n) is 3.50. The molecule has 7 nitrogen and oxygen atoms in total. The molecule has 1 aliphatic rings. The van der Waals surface area contributed by atoms with Crippen LogP contribution in [0.2, 0.25) is 0 Å². The first-order valence-electron chi connectivity index (χ1n) is 7.06. The summed E-state index contributed by atoms with van der Waals surface area (Å²) in [6.07, 6.45) is 1.45. The molecule has 8 heteroatoms. The lowest BCUT2D eigenvalue weighted by molar-refractivity contribution is -0.143. The third-order valence-corrected chi connectivity index (χ3v) is 4.57. The van der Waals surface area contributed by atoms with Crippen LogP contribution in [0.25, 0.3) is 0 Å². The zero-order valence-electron chi connectivity index (χ0n) is 12.2. The molecule has 2 unspecified atom stereocenters. The number of aromatic nitrogens is 2. The molecule has 21 heavy (non-hydrogen) atoms. The second-order valence-corrected chi connectivity index (χ2v) is 6.53.